The van der Waals surface area contributed by atoms with E-state index < -0.39 is 0 Å². The second kappa shape index (κ2) is 8.37. The largest absolute Gasteiger partial charge is 0.495 e. The number of methoxy groups -OCH3 is 1. The Morgan fingerprint density at radius 1 is 1.24 bits per heavy atom. The average Bonchev–Trinajstić information content (AvgIpc) is 2.34. The van der Waals surface area contributed by atoms with Gasteiger partial charge in [0.2, 0.25) is 0 Å². The van der Waals surface area contributed by atoms with Gasteiger partial charge in [0.05, 0.1) is 12.1 Å². The first kappa shape index (κ1) is 14.3. The fourth-order valence-electron chi connectivity index (χ4n) is 1.73. The van der Waals surface area contributed by atoms with Crippen LogP contribution in [0.25, 0.3) is 0 Å². The monoisotopic (exact) mass is 255 g/mol. The highest BCUT2D eigenvalue weighted by Gasteiger charge is 2.01. The number of benzene rings is 1. The van der Waals surface area contributed by atoms with Gasteiger partial charge in [-0.2, -0.15) is 0 Å². The molecule has 0 saturated heterocycles. The summed E-state index contributed by atoms with van der Waals surface area (Å²) in [5, 5.41) is 4.10. The van der Waals surface area contributed by atoms with Crippen LogP contribution >= 0.6 is 11.6 Å². The van der Waals surface area contributed by atoms with Crippen LogP contribution in [0.1, 0.15) is 38.2 Å². The smallest absolute Gasteiger partial charge is 0.137 e. The molecule has 0 radical (unpaired) electrons. The van der Waals surface area contributed by atoms with Gasteiger partial charge in [-0.3, -0.25) is 0 Å². The fraction of sp³-hybridized carbons (Fsp3) is 0.571. The minimum atomic E-state index is 0.679. The van der Waals surface area contributed by atoms with E-state index in [0.29, 0.717) is 5.02 Å². The molecule has 0 saturated carbocycles. The first-order valence-corrected chi connectivity index (χ1v) is 6.69. The Labute approximate surface area is 109 Å². The zero-order valence-corrected chi connectivity index (χ0v) is 11.5. The molecule has 96 valence electrons. The van der Waals surface area contributed by atoms with Gasteiger partial charge in [0.25, 0.3) is 0 Å². The molecule has 3 heteroatoms. The molecule has 0 aliphatic rings. The van der Waals surface area contributed by atoms with Crippen molar-refractivity contribution >= 4 is 11.6 Å². The van der Waals surface area contributed by atoms with Crippen LogP contribution in [0, 0.1) is 0 Å². The van der Waals surface area contributed by atoms with Crippen molar-refractivity contribution in [2.75, 3.05) is 13.7 Å². The molecule has 17 heavy (non-hydrogen) atoms. The third kappa shape index (κ3) is 5.42. The molecule has 1 aromatic rings. The Kier molecular flexibility index (Phi) is 7.06. The normalized spacial score (nSPS) is 10.5. The Morgan fingerprint density at radius 2 is 2.06 bits per heavy atom. The second-order valence-corrected chi connectivity index (χ2v) is 4.61. The quantitative estimate of drug-likeness (QED) is 0.709. The summed E-state index contributed by atoms with van der Waals surface area (Å²) in [5.41, 5.74) is 1.20. The zero-order valence-electron chi connectivity index (χ0n) is 10.8. The molecule has 0 heterocycles. The van der Waals surface area contributed by atoms with E-state index in [4.69, 9.17) is 16.3 Å². The van der Waals surface area contributed by atoms with E-state index in [0.717, 1.165) is 18.8 Å². The van der Waals surface area contributed by atoms with E-state index in [1.807, 2.05) is 18.2 Å². The Morgan fingerprint density at radius 3 is 2.71 bits per heavy atom. The lowest BCUT2D eigenvalue weighted by atomic mass is 10.2. The van der Waals surface area contributed by atoms with Gasteiger partial charge in [0, 0.05) is 6.54 Å². The highest BCUT2D eigenvalue weighted by Crippen LogP contribution is 2.24. The summed E-state index contributed by atoms with van der Waals surface area (Å²) in [5.74, 6) is 0.735. The first-order chi connectivity index (χ1) is 8.27. The summed E-state index contributed by atoms with van der Waals surface area (Å²) in [6.45, 7) is 4.17. The molecular weight excluding hydrogens is 234 g/mol. The zero-order chi connectivity index (χ0) is 12.5. The van der Waals surface area contributed by atoms with Gasteiger partial charge in [0.1, 0.15) is 5.75 Å². The van der Waals surface area contributed by atoms with Crippen molar-refractivity contribution < 1.29 is 4.74 Å². The molecular formula is C14H22ClNO. The highest BCUT2D eigenvalue weighted by atomic mass is 35.5. The van der Waals surface area contributed by atoms with Crippen LogP contribution in [-0.4, -0.2) is 13.7 Å². The fourth-order valence-corrected chi connectivity index (χ4v) is 2.01. The van der Waals surface area contributed by atoms with Gasteiger partial charge in [-0.15, -0.1) is 0 Å². The van der Waals surface area contributed by atoms with Gasteiger partial charge < -0.3 is 10.1 Å². The number of nitrogens with one attached hydrogen (secondary N) is 1. The maximum atomic E-state index is 6.06. The van der Waals surface area contributed by atoms with E-state index in [2.05, 4.69) is 12.2 Å². The summed E-state index contributed by atoms with van der Waals surface area (Å²) in [6, 6.07) is 5.92. The molecule has 0 aliphatic heterocycles. The van der Waals surface area contributed by atoms with Gasteiger partial charge >= 0.3 is 0 Å². The molecule has 0 bridgehead atoms. The van der Waals surface area contributed by atoms with Crippen LogP contribution in [0.15, 0.2) is 18.2 Å². The number of ether oxygens (including phenoxy) is 1. The summed E-state index contributed by atoms with van der Waals surface area (Å²) >= 11 is 6.06. The van der Waals surface area contributed by atoms with E-state index in [-0.39, 0.29) is 0 Å². The van der Waals surface area contributed by atoms with Crippen LogP contribution in [0.2, 0.25) is 5.02 Å². The van der Waals surface area contributed by atoms with E-state index in [9.17, 15) is 0 Å². The summed E-state index contributed by atoms with van der Waals surface area (Å²) < 4.78 is 5.12. The van der Waals surface area contributed by atoms with Crippen LogP contribution in [-0.2, 0) is 6.54 Å². The summed E-state index contributed by atoms with van der Waals surface area (Å²) in [7, 11) is 1.63. The maximum Gasteiger partial charge on any atom is 0.137 e. The first-order valence-electron chi connectivity index (χ1n) is 6.31. The predicted molar refractivity (Wildman–Crippen MR) is 73.9 cm³/mol. The lowest BCUT2D eigenvalue weighted by Crippen LogP contribution is -2.14. The highest BCUT2D eigenvalue weighted by molar-refractivity contribution is 6.32. The van der Waals surface area contributed by atoms with Crippen molar-refractivity contribution in [3.63, 3.8) is 0 Å². The van der Waals surface area contributed by atoms with Crippen molar-refractivity contribution in [1.29, 1.82) is 0 Å². The number of halogens is 1. The predicted octanol–water partition coefficient (Wildman–Crippen LogP) is 4.02. The lowest BCUT2D eigenvalue weighted by Gasteiger charge is -2.07. The average molecular weight is 256 g/mol. The molecule has 1 rings (SSSR count). The summed E-state index contributed by atoms with van der Waals surface area (Å²) in [6.07, 6.45) is 5.18. The van der Waals surface area contributed by atoms with Gasteiger partial charge in [-0.05, 0) is 30.7 Å². The minimum Gasteiger partial charge on any atom is -0.495 e. The van der Waals surface area contributed by atoms with Crippen molar-refractivity contribution in [2.45, 2.75) is 39.2 Å². The molecule has 0 amide bonds. The second-order valence-electron chi connectivity index (χ2n) is 4.21. The third-order valence-corrected chi connectivity index (χ3v) is 3.05. The van der Waals surface area contributed by atoms with Gasteiger partial charge in [-0.1, -0.05) is 43.9 Å². The van der Waals surface area contributed by atoms with Crippen molar-refractivity contribution in [3.8, 4) is 5.75 Å². The Balaban J connectivity index is 2.25. The van der Waals surface area contributed by atoms with E-state index >= 15 is 0 Å². The van der Waals surface area contributed by atoms with E-state index in [1.54, 1.807) is 7.11 Å². The molecule has 0 spiro atoms. The molecule has 2 nitrogen and oxygen atoms in total. The Bertz CT molecular complexity index is 328. The van der Waals surface area contributed by atoms with Crippen molar-refractivity contribution in [1.82, 2.24) is 5.32 Å². The standard InChI is InChI=1S/C14H22ClNO/c1-3-4-5-6-9-16-11-12-7-8-14(17-2)13(15)10-12/h7-8,10,16H,3-6,9,11H2,1-2H3. The molecule has 1 aromatic carbocycles. The summed E-state index contributed by atoms with van der Waals surface area (Å²) in [4.78, 5) is 0. The topological polar surface area (TPSA) is 21.3 Å². The van der Waals surface area contributed by atoms with E-state index in [1.165, 1.54) is 31.2 Å². The third-order valence-electron chi connectivity index (χ3n) is 2.75. The van der Waals surface area contributed by atoms with Gasteiger partial charge in [-0.25, -0.2) is 0 Å². The number of hydrogen-bond acceptors (Lipinski definition) is 2. The molecule has 0 aromatic heterocycles. The van der Waals surface area contributed by atoms with Crippen LogP contribution < -0.4 is 10.1 Å². The SMILES string of the molecule is CCCCCCNCc1ccc(OC)c(Cl)c1. The van der Waals surface area contributed by atoms with Crippen molar-refractivity contribution in [2.24, 2.45) is 0 Å². The number of rotatable bonds is 8. The molecule has 1 N–H and O–H groups in total. The Hall–Kier alpha value is -0.730. The number of hydrogen-bond donors (Lipinski definition) is 1. The van der Waals surface area contributed by atoms with Crippen molar-refractivity contribution in [3.05, 3.63) is 28.8 Å². The molecule has 0 unspecified atom stereocenters. The lowest BCUT2D eigenvalue weighted by molar-refractivity contribution is 0.415. The maximum absolute atomic E-state index is 6.06. The van der Waals surface area contributed by atoms with Gasteiger partial charge in [0.15, 0.2) is 0 Å². The number of unbranched alkanes of at least 4 members (excludes halogenated alkanes) is 3. The minimum absolute atomic E-state index is 0.679. The van der Waals surface area contributed by atoms with Crippen LogP contribution in [0.4, 0.5) is 0 Å². The molecule has 0 fully saturated rings. The van der Waals surface area contributed by atoms with Crippen LogP contribution in [0.3, 0.4) is 0 Å². The van der Waals surface area contributed by atoms with Crippen LogP contribution in [0.5, 0.6) is 5.75 Å². The molecule has 0 atom stereocenters. The molecule has 0 aliphatic carbocycles.